The van der Waals surface area contributed by atoms with E-state index in [0.29, 0.717) is 32.5 Å². The van der Waals surface area contributed by atoms with Gasteiger partial charge in [0.05, 0.1) is 13.2 Å². The van der Waals surface area contributed by atoms with Gasteiger partial charge in [0, 0.05) is 20.1 Å². The number of carbonyl (C=O) groups excluding carboxylic acids is 1. The van der Waals surface area contributed by atoms with Crippen molar-refractivity contribution in [2.45, 2.75) is 19.3 Å². The molecule has 0 aliphatic rings. The summed E-state index contributed by atoms with van der Waals surface area (Å²) in [5, 5.41) is 8.45. The standard InChI is InChI=1S/C8H17NO4/c1-12-6-7-13-9-8(11)4-2-3-5-10/h10H,2-7H2,1H3,(H,9,11). The number of unbranched alkanes of at least 4 members (excludes halogenated alkanes) is 1. The van der Waals surface area contributed by atoms with Crippen LogP contribution in [0.2, 0.25) is 0 Å². The SMILES string of the molecule is COCCONC(=O)CCCCO. The zero-order chi connectivity index (χ0) is 9.94. The smallest absolute Gasteiger partial charge is 0.243 e. The molecule has 13 heavy (non-hydrogen) atoms. The second kappa shape index (κ2) is 9.44. The molecule has 0 heterocycles. The number of hydrogen-bond donors (Lipinski definition) is 2. The zero-order valence-corrected chi connectivity index (χ0v) is 7.91. The number of aliphatic hydroxyl groups excluding tert-OH is 1. The van der Waals surface area contributed by atoms with E-state index >= 15 is 0 Å². The number of hydrogen-bond acceptors (Lipinski definition) is 4. The molecule has 5 nitrogen and oxygen atoms in total. The van der Waals surface area contributed by atoms with Gasteiger partial charge in [-0.3, -0.25) is 9.63 Å². The number of hydroxylamine groups is 1. The molecule has 0 bridgehead atoms. The van der Waals surface area contributed by atoms with Gasteiger partial charge in [0.2, 0.25) is 5.91 Å². The minimum Gasteiger partial charge on any atom is -0.396 e. The zero-order valence-electron chi connectivity index (χ0n) is 7.91. The fourth-order valence-electron chi connectivity index (χ4n) is 0.705. The van der Waals surface area contributed by atoms with Crippen molar-refractivity contribution in [3.8, 4) is 0 Å². The van der Waals surface area contributed by atoms with Crippen molar-refractivity contribution in [1.29, 1.82) is 0 Å². The van der Waals surface area contributed by atoms with Gasteiger partial charge in [0.25, 0.3) is 0 Å². The molecule has 0 saturated heterocycles. The molecule has 78 valence electrons. The van der Waals surface area contributed by atoms with E-state index in [1.54, 1.807) is 7.11 Å². The Hall–Kier alpha value is -0.650. The molecule has 0 aliphatic carbocycles. The van der Waals surface area contributed by atoms with E-state index in [4.69, 9.17) is 14.7 Å². The van der Waals surface area contributed by atoms with Crippen LogP contribution in [-0.2, 0) is 14.4 Å². The van der Waals surface area contributed by atoms with E-state index in [1.165, 1.54) is 0 Å². The molecule has 5 heteroatoms. The van der Waals surface area contributed by atoms with Crippen LogP contribution in [-0.4, -0.2) is 37.9 Å². The number of carbonyl (C=O) groups is 1. The first-order valence-corrected chi connectivity index (χ1v) is 4.31. The molecule has 0 aliphatic heterocycles. The molecule has 0 aromatic heterocycles. The van der Waals surface area contributed by atoms with Crippen LogP contribution >= 0.6 is 0 Å². The van der Waals surface area contributed by atoms with Crippen molar-refractivity contribution in [3.05, 3.63) is 0 Å². The summed E-state index contributed by atoms with van der Waals surface area (Å²) in [6.07, 6.45) is 1.70. The minimum absolute atomic E-state index is 0.123. The lowest BCUT2D eigenvalue weighted by molar-refractivity contribution is -0.134. The van der Waals surface area contributed by atoms with Gasteiger partial charge in [-0.15, -0.1) is 0 Å². The Morgan fingerprint density at radius 2 is 2.15 bits per heavy atom. The number of nitrogens with one attached hydrogen (secondary N) is 1. The summed E-state index contributed by atoms with van der Waals surface area (Å²) < 4.78 is 4.71. The average molecular weight is 191 g/mol. The molecule has 1 amide bonds. The Balaban J connectivity index is 3.11. The number of methoxy groups -OCH3 is 1. The van der Waals surface area contributed by atoms with Crippen LogP contribution in [0.1, 0.15) is 19.3 Å². The van der Waals surface area contributed by atoms with Gasteiger partial charge in [-0.05, 0) is 12.8 Å². The first kappa shape index (κ1) is 12.3. The number of amides is 1. The second-order valence-electron chi connectivity index (χ2n) is 2.55. The molecule has 0 fully saturated rings. The van der Waals surface area contributed by atoms with Crippen molar-refractivity contribution >= 4 is 5.91 Å². The Morgan fingerprint density at radius 3 is 2.77 bits per heavy atom. The van der Waals surface area contributed by atoms with Gasteiger partial charge in [-0.1, -0.05) is 0 Å². The highest BCUT2D eigenvalue weighted by atomic mass is 16.7. The summed E-state index contributed by atoms with van der Waals surface area (Å²) in [7, 11) is 1.56. The summed E-state index contributed by atoms with van der Waals surface area (Å²) in [6.45, 7) is 0.928. The summed E-state index contributed by atoms with van der Waals surface area (Å²) >= 11 is 0. The van der Waals surface area contributed by atoms with E-state index in [-0.39, 0.29) is 12.5 Å². The Kier molecular flexibility index (Phi) is 8.97. The number of rotatable bonds is 8. The third-order valence-electron chi connectivity index (χ3n) is 1.39. The van der Waals surface area contributed by atoms with E-state index in [2.05, 4.69) is 5.48 Å². The minimum atomic E-state index is -0.162. The number of ether oxygens (including phenoxy) is 1. The molecule has 0 spiro atoms. The highest BCUT2D eigenvalue weighted by molar-refractivity contribution is 5.74. The molecule has 0 aromatic carbocycles. The topological polar surface area (TPSA) is 67.8 Å². The lowest BCUT2D eigenvalue weighted by Gasteiger charge is -2.04. The molecule has 0 rings (SSSR count). The Bertz CT molecular complexity index is 129. The molecule has 0 unspecified atom stereocenters. The normalized spacial score (nSPS) is 10.0. The molecule has 0 saturated carbocycles. The largest absolute Gasteiger partial charge is 0.396 e. The Morgan fingerprint density at radius 1 is 1.38 bits per heavy atom. The van der Waals surface area contributed by atoms with E-state index in [9.17, 15) is 4.79 Å². The fourth-order valence-corrected chi connectivity index (χ4v) is 0.705. The first-order valence-electron chi connectivity index (χ1n) is 4.31. The molecule has 0 aromatic rings. The third kappa shape index (κ3) is 9.26. The lowest BCUT2D eigenvalue weighted by Crippen LogP contribution is -2.25. The third-order valence-corrected chi connectivity index (χ3v) is 1.39. The van der Waals surface area contributed by atoms with Gasteiger partial charge in [0.15, 0.2) is 0 Å². The van der Waals surface area contributed by atoms with E-state index in [1.807, 2.05) is 0 Å². The van der Waals surface area contributed by atoms with Crippen LogP contribution in [0.3, 0.4) is 0 Å². The summed E-state index contributed by atoms with van der Waals surface area (Å²) in [4.78, 5) is 15.7. The summed E-state index contributed by atoms with van der Waals surface area (Å²) in [5.74, 6) is -0.162. The summed E-state index contributed by atoms with van der Waals surface area (Å²) in [5.41, 5.74) is 2.28. The monoisotopic (exact) mass is 191 g/mol. The molecule has 0 atom stereocenters. The van der Waals surface area contributed by atoms with Crippen molar-refractivity contribution < 1.29 is 19.5 Å². The highest BCUT2D eigenvalue weighted by Crippen LogP contribution is 1.93. The van der Waals surface area contributed by atoms with Crippen LogP contribution in [0, 0.1) is 0 Å². The molecule has 0 radical (unpaired) electrons. The maximum absolute atomic E-state index is 10.9. The van der Waals surface area contributed by atoms with Gasteiger partial charge in [0.1, 0.15) is 0 Å². The average Bonchev–Trinajstić information content (AvgIpc) is 2.13. The molecular weight excluding hydrogens is 174 g/mol. The molecular formula is C8H17NO4. The van der Waals surface area contributed by atoms with Crippen LogP contribution < -0.4 is 5.48 Å². The predicted molar refractivity (Wildman–Crippen MR) is 46.9 cm³/mol. The lowest BCUT2D eigenvalue weighted by atomic mass is 10.2. The fraction of sp³-hybridized carbons (Fsp3) is 0.875. The first-order chi connectivity index (χ1) is 6.31. The van der Waals surface area contributed by atoms with Crippen molar-refractivity contribution in [3.63, 3.8) is 0 Å². The van der Waals surface area contributed by atoms with E-state index < -0.39 is 0 Å². The van der Waals surface area contributed by atoms with Gasteiger partial charge in [-0.2, -0.15) is 0 Å². The van der Waals surface area contributed by atoms with Crippen LogP contribution in [0.5, 0.6) is 0 Å². The van der Waals surface area contributed by atoms with Crippen molar-refractivity contribution in [2.75, 3.05) is 26.9 Å². The van der Waals surface area contributed by atoms with Gasteiger partial charge >= 0.3 is 0 Å². The van der Waals surface area contributed by atoms with Crippen molar-refractivity contribution in [2.24, 2.45) is 0 Å². The second-order valence-corrected chi connectivity index (χ2v) is 2.55. The molecule has 2 N–H and O–H groups in total. The highest BCUT2D eigenvalue weighted by Gasteiger charge is 1.99. The summed E-state index contributed by atoms with van der Waals surface area (Å²) in [6, 6.07) is 0. The van der Waals surface area contributed by atoms with Crippen molar-refractivity contribution in [1.82, 2.24) is 5.48 Å². The van der Waals surface area contributed by atoms with Gasteiger partial charge < -0.3 is 9.84 Å². The van der Waals surface area contributed by atoms with Crippen LogP contribution in [0.15, 0.2) is 0 Å². The van der Waals surface area contributed by atoms with Crippen LogP contribution in [0.4, 0.5) is 0 Å². The quantitative estimate of drug-likeness (QED) is 0.413. The maximum Gasteiger partial charge on any atom is 0.243 e. The maximum atomic E-state index is 10.9. The van der Waals surface area contributed by atoms with E-state index in [0.717, 1.165) is 0 Å². The van der Waals surface area contributed by atoms with Gasteiger partial charge in [-0.25, -0.2) is 5.48 Å². The number of aliphatic hydroxyl groups is 1. The predicted octanol–water partition coefficient (Wildman–Crippen LogP) is -0.157. The van der Waals surface area contributed by atoms with Crippen LogP contribution in [0.25, 0.3) is 0 Å². The Labute approximate surface area is 78.0 Å².